The summed E-state index contributed by atoms with van der Waals surface area (Å²) < 4.78 is 30.6. The molecule has 0 unspecified atom stereocenters. The second kappa shape index (κ2) is 11.2. The van der Waals surface area contributed by atoms with E-state index in [-0.39, 0.29) is 27.9 Å². The summed E-state index contributed by atoms with van der Waals surface area (Å²) in [4.78, 5) is 25.6. The van der Waals surface area contributed by atoms with Crippen LogP contribution in [0.4, 0.5) is 5.69 Å². The number of unbranched alkanes of at least 4 members (excludes halogenated alkanes) is 1. The van der Waals surface area contributed by atoms with E-state index in [1.807, 2.05) is 13.0 Å². The molecule has 0 aliphatic carbocycles. The second-order valence-corrected chi connectivity index (χ2v) is 9.43. The Morgan fingerprint density at radius 1 is 1.16 bits per heavy atom. The molecule has 0 saturated heterocycles. The lowest BCUT2D eigenvalue weighted by Gasteiger charge is -2.18. The van der Waals surface area contributed by atoms with Crippen molar-refractivity contribution in [1.82, 2.24) is 4.90 Å². The first kappa shape index (κ1) is 24.7. The maximum Gasteiger partial charge on any atom is 0.241 e. The van der Waals surface area contributed by atoms with E-state index < -0.39 is 15.1 Å². The summed E-state index contributed by atoms with van der Waals surface area (Å²) in [7, 11) is -1.02. The first-order valence-electron chi connectivity index (χ1n) is 9.68. The van der Waals surface area contributed by atoms with Crippen LogP contribution >= 0.6 is 11.8 Å². The number of hydrogen-bond donors (Lipinski definition) is 2. The number of anilines is 1. The van der Waals surface area contributed by atoms with Gasteiger partial charge in [0.15, 0.2) is 5.75 Å². The van der Waals surface area contributed by atoms with Gasteiger partial charge >= 0.3 is 0 Å². The number of benzene rings is 2. The lowest BCUT2D eigenvalue weighted by atomic mass is 10.2. The van der Waals surface area contributed by atoms with Gasteiger partial charge in [0, 0.05) is 26.2 Å². The third-order valence-electron chi connectivity index (χ3n) is 4.23. The number of nitrogens with zero attached hydrogens (tertiary/aromatic N) is 1. The highest BCUT2D eigenvalue weighted by Gasteiger charge is 2.24. The van der Waals surface area contributed by atoms with E-state index in [1.54, 1.807) is 38.4 Å². The number of nitrogens with one attached hydrogen (secondary N) is 1. The van der Waals surface area contributed by atoms with Crippen LogP contribution in [-0.4, -0.2) is 50.7 Å². The Balaban J connectivity index is 2.49. The number of ether oxygens (including phenoxy) is 1. The third-order valence-corrected chi connectivity index (χ3v) is 6.04. The minimum atomic E-state index is -4.21. The second-order valence-electron chi connectivity index (χ2n) is 6.96. The normalized spacial score (nSPS) is 11.1. The largest absolute Gasteiger partial charge is 0.454 e. The fourth-order valence-corrected chi connectivity index (χ4v) is 4.01. The van der Waals surface area contributed by atoms with Gasteiger partial charge in [0.05, 0.1) is 11.4 Å². The van der Waals surface area contributed by atoms with E-state index >= 15 is 0 Å². The van der Waals surface area contributed by atoms with Gasteiger partial charge in [0.2, 0.25) is 21.0 Å². The van der Waals surface area contributed by atoms with Crippen molar-refractivity contribution in [3.8, 4) is 11.5 Å². The van der Waals surface area contributed by atoms with Crippen LogP contribution in [0.2, 0.25) is 0 Å². The molecule has 31 heavy (non-hydrogen) atoms. The topological polar surface area (TPSA) is 119 Å². The van der Waals surface area contributed by atoms with Gasteiger partial charge in [-0.05, 0) is 30.7 Å². The molecule has 10 heteroatoms. The number of sulfonamides is 1. The van der Waals surface area contributed by atoms with Gasteiger partial charge < -0.3 is 15.0 Å². The Hall–Kier alpha value is -2.56. The Morgan fingerprint density at radius 3 is 2.42 bits per heavy atom. The number of primary sulfonamides is 1. The van der Waals surface area contributed by atoms with Crippen molar-refractivity contribution in [3.63, 3.8) is 0 Å². The van der Waals surface area contributed by atoms with Crippen LogP contribution in [0.1, 0.15) is 30.1 Å². The molecule has 2 aromatic rings. The van der Waals surface area contributed by atoms with Crippen LogP contribution in [0.15, 0.2) is 47.4 Å². The fraction of sp³-hybridized carbons (Fsp3) is 0.333. The lowest BCUT2D eigenvalue weighted by Crippen LogP contribution is -2.24. The SMILES string of the molecule is CCCCNc1cc(C(=O)SCC(=O)N(C)C)cc(S(N)(=O)=O)c1Oc1ccccc1. The molecule has 0 saturated carbocycles. The number of thioether (sulfide) groups is 1. The van der Waals surface area contributed by atoms with Crippen LogP contribution < -0.4 is 15.2 Å². The summed E-state index contributed by atoms with van der Waals surface area (Å²) in [5.41, 5.74) is 0.451. The summed E-state index contributed by atoms with van der Waals surface area (Å²) in [6, 6.07) is 11.4. The maximum absolute atomic E-state index is 12.7. The number of hydrogen-bond acceptors (Lipinski definition) is 7. The summed E-state index contributed by atoms with van der Waals surface area (Å²) in [5, 5.41) is 8.16. The number of carbonyl (C=O) groups is 2. The first-order valence-corrected chi connectivity index (χ1v) is 12.2. The third kappa shape index (κ3) is 7.27. The van der Waals surface area contributed by atoms with E-state index in [4.69, 9.17) is 9.88 Å². The summed E-state index contributed by atoms with van der Waals surface area (Å²) in [5.74, 6) is 0.166. The molecule has 0 aliphatic rings. The highest BCUT2D eigenvalue weighted by Crippen LogP contribution is 2.38. The maximum atomic E-state index is 12.7. The molecule has 0 atom stereocenters. The van der Waals surface area contributed by atoms with E-state index in [0.29, 0.717) is 18.0 Å². The molecular formula is C21H27N3O5S2. The van der Waals surface area contributed by atoms with E-state index in [2.05, 4.69) is 5.32 Å². The quantitative estimate of drug-likeness (QED) is 0.517. The monoisotopic (exact) mass is 465 g/mol. The predicted octanol–water partition coefficient (Wildman–Crippen LogP) is 3.30. The van der Waals surface area contributed by atoms with E-state index in [1.165, 1.54) is 17.0 Å². The van der Waals surface area contributed by atoms with Crippen LogP contribution in [0.3, 0.4) is 0 Å². The van der Waals surface area contributed by atoms with E-state index in [0.717, 1.165) is 24.6 Å². The molecule has 0 fully saturated rings. The molecule has 0 heterocycles. The van der Waals surface area contributed by atoms with Crippen molar-refractivity contribution in [2.24, 2.45) is 5.14 Å². The molecule has 0 spiro atoms. The number of rotatable bonds is 10. The van der Waals surface area contributed by atoms with Crippen molar-refractivity contribution in [1.29, 1.82) is 0 Å². The Bertz CT molecular complexity index is 1020. The molecular weight excluding hydrogens is 438 g/mol. The smallest absolute Gasteiger partial charge is 0.241 e. The number of para-hydroxylation sites is 1. The van der Waals surface area contributed by atoms with Gasteiger partial charge in [0.25, 0.3) is 0 Å². The van der Waals surface area contributed by atoms with Crippen molar-refractivity contribution in [2.45, 2.75) is 24.7 Å². The fourth-order valence-electron chi connectivity index (χ4n) is 2.51. The number of carbonyl (C=O) groups excluding carboxylic acids is 2. The zero-order valence-corrected chi connectivity index (χ0v) is 19.4. The van der Waals surface area contributed by atoms with Gasteiger partial charge in [-0.25, -0.2) is 13.6 Å². The van der Waals surface area contributed by atoms with Gasteiger partial charge in [0.1, 0.15) is 10.6 Å². The highest BCUT2D eigenvalue weighted by molar-refractivity contribution is 8.14. The van der Waals surface area contributed by atoms with Crippen LogP contribution in [0.5, 0.6) is 11.5 Å². The minimum absolute atomic E-state index is 0.0238. The number of nitrogens with two attached hydrogens (primary N) is 1. The molecule has 168 valence electrons. The standard InChI is InChI=1S/C21H27N3O5S2/c1-4-5-11-23-17-12-15(21(26)30-14-19(25)24(2)3)13-18(31(22,27)28)20(17)29-16-9-7-6-8-10-16/h6-10,12-13,23H,4-5,11,14H2,1-3H3,(H2,22,27,28). The number of amides is 1. The van der Waals surface area contributed by atoms with Gasteiger partial charge in [-0.3, -0.25) is 9.59 Å². The lowest BCUT2D eigenvalue weighted by molar-refractivity contribution is -0.125. The molecule has 3 N–H and O–H groups in total. The van der Waals surface area contributed by atoms with Gasteiger partial charge in [-0.1, -0.05) is 43.3 Å². The Labute approximate surface area is 187 Å². The summed E-state index contributed by atoms with van der Waals surface area (Å²) in [6.07, 6.45) is 1.75. The predicted molar refractivity (Wildman–Crippen MR) is 123 cm³/mol. The molecule has 1 amide bonds. The van der Waals surface area contributed by atoms with Crippen molar-refractivity contribution < 1.29 is 22.7 Å². The zero-order chi connectivity index (χ0) is 23.0. The molecule has 8 nitrogen and oxygen atoms in total. The average molecular weight is 466 g/mol. The molecule has 0 aromatic heterocycles. The average Bonchev–Trinajstić information content (AvgIpc) is 2.72. The van der Waals surface area contributed by atoms with Crippen LogP contribution in [0, 0.1) is 0 Å². The molecule has 0 bridgehead atoms. The summed E-state index contributed by atoms with van der Waals surface area (Å²) in [6.45, 7) is 2.58. The van der Waals surface area contributed by atoms with Gasteiger partial charge in [-0.15, -0.1) is 0 Å². The minimum Gasteiger partial charge on any atom is -0.454 e. The molecule has 0 radical (unpaired) electrons. The molecule has 2 rings (SSSR count). The molecule has 0 aliphatic heterocycles. The van der Waals surface area contributed by atoms with Crippen LogP contribution in [-0.2, 0) is 14.8 Å². The Kier molecular flexibility index (Phi) is 8.90. The first-order chi connectivity index (χ1) is 14.6. The highest BCUT2D eigenvalue weighted by atomic mass is 32.2. The Morgan fingerprint density at radius 2 is 1.84 bits per heavy atom. The van der Waals surface area contributed by atoms with Crippen LogP contribution in [0.25, 0.3) is 0 Å². The summed E-state index contributed by atoms with van der Waals surface area (Å²) >= 11 is 0.798. The zero-order valence-electron chi connectivity index (χ0n) is 17.8. The molecule has 2 aromatic carbocycles. The van der Waals surface area contributed by atoms with E-state index in [9.17, 15) is 18.0 Å². The van der Waals surface area contributed by atoms with Gasteiger partial charge in [-0.2, -0.15) is 0 Å². The van der Waals surface area contributed by atoms with Crippen molar-refractivity contribution >= 4 is 38.5 Å². The van der Waals surface area contributed by atoms with Crippen molar-refractivity contribution in [2.75, 3.05) is 31.7 Å². The van der Waals surface area contributed by atoms with Crippen molar-refractivity contribution in [3.05, 3.63) is 48.0 Å².